The third-order valence-corrected chi connectivity index (χ3v) is 5.29. The second kappa shape index (κ2) is 9.48. The molecule has 1 amide bonds. The van der Waals surface area contributed by atoms with Gasteiger partial charge in [0.05, 0.1) is 27.1 Å². The zero-order valence-electron chi connectivity index (χ0n) is 15.7. The SMILES string of the molecule is NC(=O)CC(C(=[NH2+])CCc1cc(C(F)(F)F)cc(C(F)(F)F)c1)c1ccc(Cl)c(Cl)c1. The number of aryl methyl sites for hydroxylation is 1. The summed E-state index contributed by atoms with van der Waals surface area (Å²) in [5.41, 5.74) is 2.90. The zero-order chi connectivity index (χ0) is 23.6. The highest BCUT2D eigenvalue weighted by molar-refractivity contribution is 6.42. The summed E-state index contributed by atoms with van der Waals surface area (Å²) in [5.74, 6) is -1.43. The Labute approximate surface area is 183 Å². The van der Waals surface area contributed by atoms with Gasteiger partial charge in [0.1, 0.15) is 0 Å². The van der Waals surface area contributed by atoms with Gasteiger partial charge in [0.2, 0.25) is 5.91 Å². The number of halogens is 8. The van der Waals surface area contributed by atoms with Crippen LogP contribution in [0.5, 0.6) is 0 Å². The number of nitrogens with two attached hydrogens (primary N) is 2. The Morgan fingerprint density at radius 2 is 1.48 bits per heavy atom. The van der Waals surface area contributed by atoms with Crippen LogP contribution >= 0.6 is 23.2 Å². The van der Waals surface area contributed by atoms with Gasteiger partial charge < -0.3 is 5.73 Å². The van der Waals surface area contributed by atoms with Crippen molar-refractivity contribution in [1.82, 2.24) is 0 Å². The molecular weight excluding hydrogens is 469 g/mol. The molecule has 31 heavy (non-hydrogen) atoms. The maximum Gasteiger partial charge on any atom is 0.416 e. The molecule has 1 atom stereocenters. The minimum absolute atomic E-state index is 0.0577. The van der Waals surface area contributed by atoms with Gasteiger partial charge in [-0.3, -0.25) is 10.2 Å². The highest BCUT2D eigenvalue weighted by Crippen LogP contribution is 2.37. The summed E-state index contributed by atoms with van der Waals surface area (Å²) in [7, 11) is 0. The van der Waals surface area contributed by atoms with Crippen molar-refractivity contribution in [1.29, 1.82) is 0 Å². The van der Waals surface area contributed by atoms with Crippen molar-refractivity contribution in [3.05, 3.63) is 68.7 Å². The highest BCUT2D eigenvalue weighted by atomic mass is 35.5. The molecule has 0 saturated heterocycles. The Morgan fingerprint density at radius 3 is 1.94 bits per heavy atom. The Hall–Kier alpha value is -2.26. The smallest absolute Gasteiger partial charge is 0.370 e. The Balaban J connectivity index is 2.31. The predicted molar refractivity (Wildman–Crippen MR) is 105 cm³/mol. The molecule has 168 valence electrons. The Morgan fingerprint density at radius 1 is 0.935 bits per heavy atom. The van der Waals surface area contributed by atoms with Gasteiger partial charge in [-0.1, -0.05) is 29.3 Å². The molecule has 2 rings (SSSR count). The van der Waals surface area contributed by atoms with Crippen LogP contribution in [0.1, 0.15) is 41.0 Å². The van der Waals surface area contributed by atoms with E-state index in [4.69, 9.17) is 34.3 Å². The van der Waals surface area contributed by atoms with E-state index in [1.807, 2.05) is 0 Å². The molecule has 0 bridgehead atoms. The lowest BCUT2D eigenvalue weighted by molar-refractivity contribution is -0.143. The van der Waals surface area contributed by atoms with E-state index in [9.17, 15) is 31.1 Å². The lowest BCUT2D eigenvalue weighted by atomic mass is 9.87. The predicted octanol–water partition coefficient (Wildman–Crippen LogP) is 4.82. The fourth-order valence-corrected chi connectivity index (χ4v) is 3.33. The number of benzene rings is 2. The van der Waals surface area contributed by atoms with E-state index in [-0.39, 0.29) is 46.6 Å². The molecule has 0 aliphatic rings. The fraction of sp³-hybridized carbons (Fsp3) is 0.300. The number of hydrogen-bond donors (Lipinski definition) is 2. The first-order chi connectivity index (χ1) is 14.2. The van der Waals surface area contributed by atoms with Crippen molar-refractivity contribution in [2.75, 3.05) is 0 Å². The van der Waals surface area contributed by atoms with Crippen LogP contribution < -0.4 is 11.1 Å². The lowest BCUT2D eigenvalue weighted by Crippen LogP contribution is -2.44. The molecule has 0 aromatic heterocycles. The minimum atomic E-state index is -4.94. The summed E-state index contributed by atoms with van der Waals surface area (Å²) < 4.78 is 78.2. The quantitative estimate of drug-likeness (QED) is 0.428. The summed E-state index contributed by atoms with van der Waals surface area (Å²) in [4.78, 5) is 11.5. The average Bonchev–Trinajstić information content (AvgIpc) is 2.64. The second-order valence-corrected chi connectivity index (χ2v) is 7.70. The van der Waals surface area contributed by atoms with Gasteiger partial charge in [-0.05, 0) is 47.9 Å². The molecule has 0 aliphatic heterocycles. The fourth-order valence-electron chi connectivity index (χ4n) is 3.02. The summed E-state index contributed by atoms with van der Waals surface area (Å²) in [6.07, 6.45) is -10.4. The van der Waals surface area contributed by atoms with Crippen LogP contribution in [0.25, 0.3) is 0 Å². The van der Waals surface area contributed by atoms with E-state index >= 15 is 0 Å². The van der Waals surface area contributed by atoms with Gasteiger partial charge in [0.25, 0.3) is 0 Å². The topological polar surface area (TPSA) is 68.7 Å². The number of carbonyl (C=O) groups excluding carboxylic acids is 1. The van der Waals surface area contributed by atoms with Crippen LogP contribution in [0.3, 0.4) is 0 Å². The molecule has 0 heterocycles. The molecular formula is C20H17Cl2F6N2O+. The second-order valence-electron chi connectivity index (χ2n) is 6.89. The number of rotatable bonds is 7. The first-order valence-electron chi connectivity index (χ1n) is 8.81. The van der Waals surface area contributed by atoms with Crippen LogP contribution in [-0.2, 0) is 23.6 Å². The molecule has 2 aromatic carbocycles. The molecule has 3 nitrogen and oxygen atoms in total. The van der Waals surface area contributed by atoms with Crippen LogP contribution in [0, 0.1) is 0 Å². The van der Waals surface area contributed by atoms with Gasteiger partial charge in [-0.25, -0.2) is 0 Å². The lowest BCUT2D eigenvalue weighted by Gasteiger charge is -2.16. The molecule has 0 fully saturated rings. The molecule has 0 aliphatic carbocycles. The maximum absolute atomic E-state index is 13.0. The standard InChI is InChI=1S/C20H16Cl2F6N2O/c21-15-3-2-11(7-16(15)22)14(9-18(30)31)17(29)4-1-10-5-12(19(23,24)25)8-13(6-10)20(26,27)28/h2-3,5-8,14,29H,1,4,9H2,(H2,30,31)/p+1. The number of carbonyl (C=O) groups is 1. The number of alkyl halides is 6. The minimum Gasteiger partial charge on any atom is -0.370 e. The van der Waals surface area contributed by atoms with Crippen LogP contribution in [-0.4, -0.2) is 11.6 Å². The summed E-state index contributed by atoms with van der Waals surface area (Å²) in [6.45, 7) is 0. The Bertz CT molecular complexity index is 956. The number of primary amides is 1. The molecule has 2 aromatic rings. The molecule has 0 radical (unpaired) electrons. The normalized spacial score (nSPS) is 13.2. The molecule has 0 saturated carbocycles. The molecule has 0 spiro atoms. The van der Waals surface area contributed by atoms with Crippen LogP contribution in [0.4, 0.5) is 26.3 Å². The van der Waals surface area contributed by atoms with Crippen LogP contribution in [0.2, 0.25) is 10.0 Å². The van der Waals surface area contributed by atoms with Crippen molar-refractivity contribution in [3.8, 4) is 0 Å². The largest absolute Gasteiger partial charge is 0.416 e. The van der Waals surface area contributed by atoms with E-state index in [0.29, 0.717) is 17.7 Å². The summed E-state index contributed by atoms with van der Waals surface area (Å²) in [5, 5.41) is 6.51. The van der Waals surface area contributed by atoms with Gasteiger partial charge in [0.15, 0.2) is 5.71 Å². The van der Waals surface area contributed by atoms with Gasteiger partial charge in [-0.15, -0.1) is 0 Å². The average molecular weight is 486 g/mol. The highest BCUT2D eigenvalue weighted by Gasteiger charge is 2.37. The van der Waals surface area contributed by atoms with E-state index in [0.717, 1.165) is 0 Å². The summed E-state index contributed by atoms with van der Waals surface area (Å²) in [6, 6.07) is 5.84. The van der Waals surface area contributed by atoms with E-state index < -0.39 is 35.3 Å². The number of hydrogen-bond acceptors (Lipinski definition) is 1. The van der Waals surface area contributed by atoms with Gasteiger partial charge in [-0.2, -0.15) is 26.3 Å². The summed E-state index contributed by atoms with van der Waals surface area (Å²) >= 11 is 11.9. The van der Waals surface area contributed by atoms with Crippen molar-refractivity contribution >= 4 is 34.8 Å². The first-order valence-corrected chi connectivity index (χ1v) is 9.57. The molecule has 4 N–H and O–H groups in total. The monoisotopic (exact) mass is 485 g/mol. The molecule has 11 heteroatoms. The Kier molecular flexibility index (Phi) is 7.65. The third kappa shape index (κ3) is 6.87. The van der Waals surface area contributed by atoms with Crippen molar-refractivity contribution in [3.63, 3.8) is 0 Å². The van der Waals surface area contributed by atoms with E-state index in [1.165, 1.54) is 12.1 Å². The maximum atomic E-state index is 13.0. The first kappa shape index (κ1) is 25.0. The van der Waals surface area contributed by atoms with Crippen molar-refractivity contribution < 1.29 is 36.5 Å². The van der Waals surface area contributed by atoms with Gasteiger partial charge >= 0.3 is 12.4 Å². The van der Waals surface area contributed by atoms with Crippen molar-refractivity contribution in [2.24, 2.45) is 5.73 Å². The van der Waals surface area contributed by atoms with Gasteiger partial charge in [0, 0.05) is 12.8 Å². The zero-order valence-corrected chi connectivity index (χ0v) is 17.3. The van der Waals surface area contributed by atoms with E-state index in [1.54, 1.807) is 6.07 Å². The third-order valence-electron chi connectivity index (χ3n) is 4.55. The number of amides is 1. The molecule has 1 unspecified atom stereocenters. The van der Waals surface area contributed by atoms with E-state index in [2.05, 4.69) is 0 Å². The van der Waals surface area contributed by atoms with Crippen LogP contribution in [0.15, 0.2) is 36.4 Å². The van der Waals surface area contributed by atoms with Crippen molar-refractivity contribution in [2.45, 2.75) is 37.5 Å².